The third-order valence-corrected chi connectivity index (χ3v) is 4.08. The molecule has 2 heterocycles. The highest BCUT2D eigenvalue weighted by Crippen LogP contribution is 2.30. The number of nitrogens with zero attached hydrogens (tertiary/aromatic N) is 3. The van der Waals surface area contributed by atoms with Crippen LogP contribution in [0.1, 0.15) is 47.6 Å². The summed E-state index contributed by atoms with van der Waals surface area (Å²) in [5.74, 6) is -0.562. The fourth-order valence-corrected chi connectivity index (χ4v) is 3.00. The van der Waals surface area contributed by atoms with Gasteiger partial charge < -0.3 is 5.11 Å². The summed E-state index contributed by atoms with van der Waals surface area (Å²) < 4.78 is 3.22. The molecule has 1 aliphatic rings. The molecule has 1 fully saturated rings. The van der Waals surface area contributed by atoms with Crippen LogP contribution in [0.5, 0.6) is 0 Å². The molecule has 0 bridgehead atoms. The Morgan fingerprint density at radius 3 is 2.71 bits per heavy atom. The minimum Gasteiger partial charge on any atom is -0.477 e. The van der Waals surface area contributed by atoms with Crippen molar-refractivity contribution in [2.75, 3.05) is 0 Å². The lowest BCUT2D eigenvalue weighted by atomic mass is 10.1. The van der Waals surface area contributed by atoms with E-state index in [-0.39, 0.29) is 11.6 Å². The summed E-state index contributed by atoms with van der Waals surface area (Å²) in [5.41, 5.74) is -0.227. The highest BCUT2D eigenvalue weighted by atomic mass is 16.4. The van der Waals surface area contributed by atoms with Gasteiger partial charge in [-0.25, -0.2) is 9.48 Å². The van der Waals surface area contributed by atoms with Crippen molar-refractivity contribution in [1.29, 1.82) is 0 Å². The van der Waals surface area contributed by atoms with Crippen LogP contribution in [-0.4, -0.2) is 25.4 Å². The Bertz CT molecular complexity index is 739. The fourth-order valence-electron chi connectivity index (χ4n) is 3.00. The first-order chi connectivity index (χ1) is 10.1. The van der Waals surface area contributed by atoms with Crippen molar-refractivity contribution in [3.8, 4) is 5.82 Å². The van der Waals surface area contributed by atoms with Gasteiger partial charge in [-0.2, -0.15) is 5.10 Å². The van der Waals surface area contributed by atoms with Gasteiger partial charge in [-0.1, -0.05) is 12.8 Å². The Morgan fingerprint density at radius 1 is 1.33 bits per heavy atom. The summed E-state index contributed by atoms with van der Waals surface area (Å²) in [4.78, 5) is 23.7. The molecule has 21 heavy (non-hydrogen) atoms. The van der Waals surface area contributed by atoms with E-state index in [4.69, 9.17) is 0 Å². The molecular formula is C15H17N3O3. The van der Waals surface area contributed by atoms with E-state index in [9.17, 15) is 14.7 Å². The van der Waals surface area contributed by atoms with E-state index >= 15 is 0 Å². The first kappa shape index (κ1) is 13.6. The largest absolute Gasteiger partial charge is 0.477 e. The average molecular weight is 287 g/mol. The van der Waals surface area contributed by atoms with Gasteiger partial charge in [-0.15, -0.1) is 0 Å². The summed E-state index contributed by atoms with van der Waals surface area (Å²) in [6, 6.07) is 3.69. The molecule has 1 aliphatic carbocycles. The summed E-state index contributed by atoms with van der Waals surface area (Å²) in [6.07, 6.45) is 7.68. The summed E-state index contributed by atoms with van der Waals surface area (Å²) in [7, 11) is 0. The first-order valence-corrected chi connectivity index (χ1v) is 7.09. The molecule has 0 atom stereocenters. The summed E-state index contributed by atoms with van der Waals surface area (Å²) in [6.45, 7) is 1.63. The van der Waals surface area contributed by atoms with Crippen LogP contribution < -0.4 is 5.56 Å². The van der Waals surface area contributed by atoms with Crippen molar-refractivity contribution in [2.24, 2.45) is 0 Å². The zero-order valence-electron chi connectivity index (χ0n) is 11.8. The van der Waals surface area contributed by atoms with E-state index in [1.54, 1.807) is 31.5 Å². The highest BCUT2D eigenvalue weighted by Gasteiger charge is 2.22. The molecule has 0 saturated heterocycles. The zero-order valence-corrected chi connectivity index (χ0v) is 11.8. The first-order valence-electron chi connectivity index (χ1n) is 7.09. The quantitative estimate of drug-likeness (QED) is 0.938. The number of pyridine rings is 1. The van der Waals surface area contributed by atoms with Gasteiger partial charge in [0.15, 0.2) is 0 Å². The van der Waals surface area contributed by atoms with Gasteiger partial charge in [0.05, 0.1) is 12.2 Å². The van der Waals surface area contributed by atoms with Gasteiger partial charge in [0.2, 0.25) is 0 Å². The number of carboxylic acids is 1. The van der Waals surface area contributed by atoms with E-state index in [0.29, 0.717) is 11.4 Å². The average Bonchev–Trinajstić information content (AvgIpc) is 3.08. The molecule has 6 nitrogen and oxygen atoms in total. The Hall–Kier alpha value is -2.37. The zero-order chi connectivity index (χ0) is 15.0. The molecule has 0 aromatic carbocycles. The molecular weight excluding hydrogens is 270 g/mol. The topological polar surface area (TPSA) is 77.1 Å². The number of aromatic carboxylic acids is 1. The van der Waals surface area contributed by atoms with Gasteiger partial charge in [-0.3, -0.25) is 9.36 Å². The summed E-state index contributed by atoms with van der Waals surface area (Å²) >= 11 is 0. The minimum absolute atomic E-state index is 0.184. The third-order valence-electron chi connectivity index (χ3n) is 4.08. The number of carbonyl (C=O) groups is 1. The van der Waals surface area contributed by atoms with Crippen LogP contribution in [0.15, 0.2) is 29.3 Å². The molecule has 2 aromatic rings. The maximum absolute atomic E-state index is 12.4. The second-order valence-electron chi connectivity index (χ2n) is 5.43. The van der Waals surface area contributed by atoms with Crippen molar-refractivity contribution >= 4 is 5.97 Å². The van der Waals surface area contributed by atoms with Gasteiger partial charge >= 0.3 is 5.97 Å². The molecule has 0 amide bonds. The Balaban J connectivity index is 2.14. The van der Waals surface area contributed by atoms with Crippen molar-refractivity contribution < 1.29 is 9.90 Å². The van der Waals surface area contributed by atoms with Crippen molar-refractivity contribution in [2.45, 2.75) is 38.6 Å². The number of aromatic nitrogens is 3. The predicted octanol–water partition coefficient (Wildman–Crippen LogP) is 2.16. The maximum Gasteiger partial charge on any atom is 0.341 e. The molecule has 1 saturated carbocycles. The van der Waals surface area contributed by atoms with E-state index in [1.807, 2.05) is 4.68 Å². The number of aryl methyl sites for hydroxylation is 1. The number of carboxylic acid groups (broad SMARTS) is 1. The van der Waals surface area contributed by atoms with Crippen LogP contribution in [0.25, 0.3) is 5.82 Å². The van der Waals surface area contributed by atoms with E-state index in [2.05, 4.69) is 5.10 Å². The second kappa shape index (κ2) is 5.20. The van der Waals surface area contributed by atoms with Crippen molar-refractivity contribution in [3.05, 3.63) is 46.0 Å². The van der Waals surface area contributed by atoms with Gasteiger partial charge in [0.1, 0.15) is 11.4 Å². The maximum atomic E-state index is 12.4. The molecule has 6 heteroatoms. The lowest BCUT2D eigenvalue weighted by Crippen LogP contribution is -2.28. The van der Waals surface area contributed by atoms with Gasteiger partial charge in [0.25, 0.3) is 5.56 Å². The Kier molecular flexibility index (Phi) is 3.37. The van der Waals surface area contributed by atoms with Crippen LogP contribution in [0.2, 0.25) is 0 Å². The normalized spacial score (nSPS) is 15.5. The highest BCUT2D eigenvalue weighted by molar-refractivity contribution is 5.88. The van der Waals surface area contributed by atoms with Crippen LogP contribution in [-0.2, 0) is 0 Å². The molecule has 0 spiro atoms. The van der Waals surface area contributed by atoms with Crippen LogP contribution in [0, 0.1) is 6.92 Å². The second-order valence-corrected chi connectivity index (χ2v) is 5.43. The molecule has 110 valence electrons. The van der Waals surface area contributed by atoms with Crippen LogP contribution in [0.3, 0.4) is 0 Å². The predicted molar refractivity (Wildman–Crippen MR) is 77.0 cm³/mol. The molecule has 2 aromatic heterocycles. The SMILES string of the molecule is Cc1ccn(-c2ccnn2C2CCCC2)c(=O)c1C(=O)O. The van der Waals surface area contributed by atoms with Gasteiger partial charge in [0, 0.05) is 12.3 Å². The standard InChI is InChI=1S/C15H17N3O3/c1-10-7-9-17(14(19)13(10)15(20)21)12-6-8-16-18(12)11-4-2-3-5-11/h6-9,11H,2-5H2,1H3,(H,20,21). The molecule has 3 rings (SSSR count). The van der Waals surface area contributed by atoms with Crippen LogP contribution >= 0.6 is 0 Å². The van der Waals surface area contributed by atoms with Crippen molar-refractivity contribution in [3.63, 3.8) is 0 Å². The molecule has 0 radical (unpaired) electrons. The lowest BCUT2D eigenvalue weighted by molar-refractivity contribution is 0.0693. The number of rotatable bonds is 3. The molecule has 1 N–H and O–H groups in total. The number of hydrogen-bond acceptors (Lipinski definition) is 3. The lowest BCUT2D eigenvalue weighted by Gasteiger charge is -2.16. The molecule has 0 unspecified atom stereocenters. The van der Waals surface area contributed by atoms with Crippen molar-refractivity contribution in [1.82, 2.24) is 14.3 Å². The Labute approximate surface area is 121 Å². The van der Waals surface area contributed by atoms with E-state index < -0.39 is 11.5 Å². The van der Waals surface area contributed by atoms with Gasteiger partial charge in [-0.05, 0) is 31.4 Å². The smallest absolute Gasteiger partial charge is 0.341 e. The van der Waals surface area contributed by atoms with E-state index in [0.717, 1.165) is 25.7 Å². The fraction of sp³-hybridized carbons (Fsp3) is 0.400. The summed E-state index contributed by atoms with van der Waals surface area (Å²) in [5, 5.41) is 13.5. The van der Waals surface area contributed by atoms with Crippen LogP contribution in [0.4, 0.5) is 0 Å². The third kappa shape index (κ3) is 2.26. The molecule has 0 aliphatic heterocycles. The number of hydrogen-bond donors (Lipinski definition) is 1. The Morgan fingerprint density at radius 2 is 2.05 bits per heavy atom. The minimum atomic E-state index is -1.20. The monoisotopic (exact) mass is 287 g/mol. The van der Waals surface area contributed by atoms with E-state index in [1.165, 1.54) is 4.57 Å².